The van der Waals surface area contributed by atoms with Crippen molar-refractivity contribution < 1.29 is 4.74 Å². The van der Waals surface area contributed by atoms with Crippen molar-refractivity contribution in [2.45, 2.75) is 37.6 Å². The van der Waals surface area contributed by atoms with E-state index in [1.165, 1.54) is 19.3 Å². The van der Waals surface area contributed by atoms with Gasteiger partial charge >= 0.3 is 0 Å². The monoisotopic (exact) mass is 264 g/mol. The first-order valence-corrected chi connectivity index (χ1v) is 6.85. The van der Waals surface area contributed by atoms with E-state index in [0.717, 1.165) is 22.6 Å². The molecule has 0 radical (unpaired) electrons. The van der Waals surface area contributed by atoms with Crippen LogP contribution in [0.25, 0.3) is 11.0 Å². The maximum Gasteiger partial charge on any atom is 0.146 e. The van der Waals surface area contributed by atoms with Crippen molar-refractivity contribution in [1.82, 2.24) is 9.55 Å². The molecule has 1 saturated carbocycles. The fourth-order valence-electron chi connectivity index (χ4n) is 2.58. The molecule has 0 saturated heterocycles. The molecule has 1 fully saturated rings. The van der Waals surface area contributed by atoms with Gasteiger partial charge in [0.25, 0.3) is 0 Å². The molecule has 1 unspecified atom stereocenters. The average Bonchev–Trinajstić information content (AvgIpc) is 2.67. The van der Waals surface area contributed by atoms with Crippen LogP contribution in [0.4, 0.5) is 0 Å². The van der Waals surface area contributed by atoms with Gasteiger partial charge in [0.2, 0.25) is 0 Å². The van der Waals surface area contributed by atoms with Crippen molar-refractivity contribution in [3.8, 4) is 5.75 Å². The summed E-state index contributed by atoms with van der Waals surface area (Å²) in [6.07, 6.45) is 3.74. The van der Waals surface area contributed by atoms with Crippen LogP contribution in [0.5, 0.6) is 5.75 Å². The number of aromatic nitrogens is 2. The van der Waals surface area contributed by atoms with Crippen LogP contribution in [0.1, 0.15) is 43.4 Å². The Balaban J connectivity index is 2.25. The lowest BCUT2D eigenvalue weighted by molar-refractivity contribution is 0.313. The van der Waals surface area contributed by atoms with Crippen LogP contribution in [-0.2, 0) is 0 Å². The number of imidazole rings is 1. The molecule has 1 atom stereocenters. The summed E-state index contributed by atoms with van der Waals surface area (Å²) >= 11 is 6.28. The number of alkyl halides is 1. The van der Waals surface area contributed by atoms with E-state index < -0.39 is 0 Å². The smallest absolute Gasteiger partial charge is 0.146 e. The highest BCUT2D eigenvalue weighted by molar-refractivity contribution is 6.20. The third-order valence-electron chi connectivity index (χ3n) is 3.73. The van der Waals surface area contributed by atoms with E-state index in [-0.39, 0.29) is 5.38 Å². The third kappa shape index (κ3) is 1.69. The second-order valence-electron chi connectivity index (χ2n) is 4.87. The minimum Gasteiger partial charge on any atom is -0.494 e. The molecule has 1 aromatic carbocycles. The van der Waals surface area contributed by atoms with Gasteiger partial charge in [0.05, 0.1) is 18.0 Å². The summed E-state index contributed by atoms with van der Waals surface area (Å²) in [7, 11) is 1.68. The molecular weight excluding hydrogens is 248 g/mol. The predicted octanol–water partition coefficient (Wildman–Crippen LogP) is 4.07. The van der Waals surface area contributed by atoms with Gasteiger partial charge in [-0.25, -0.2) is 4.98 Å². The lowest BCUT2D eigenvalue weighted by Crippen LogP contribution is -2.19. The zero-order valence-electron chi connectivity index (χ0n) is 10.7. The summed E-state index contributed by atoms with van der Waals surface area (Å²) in [5, 5.41) is -0.0808. The predicted molar refractivity (Wildman–Crippen MR) is 73.4 cm³/mol. The maximum atomic E-state index is 6.28. The van der Waals surface area contributed by atoms with Crippen LogP contribution in [0.3, 0.4) is 0 Å². The number of halogens is 1. The molecular formula is C14H17ClN2O. The summed E-state index contributed by atoms with van der Waals surface area (Å²) in [5.41, 5.74) is 2.07. The molecule has 1 aliphatic rings. The van der Waals surface area contributed by atoms with Gasteiger partial charge in [0.15, 0.2) is 0 Å². The number of fused-ring (bicyclic) bond motifs is 1. The zero-order chi connectivity index (χ0) is 12.7. The maximum absolute atomic E-state index is 6.28. The molecule has 4 heteroatoms. The van der Waals surface area contributed by atoms with Crippen LogP contribution in [-0.4, -0.2) is 16.7 Å². The molecule has 0 amide bonds. The highest BCUT2D eigenvalue weighted by atomic mass is 35.5. The number of hydrogen-bond acceptors (Lipinski definition) is 2. The Labute approximate surface area is 112 Å². The summed E-state index contributed by atoms with van der Waals surface area (Å²) < 4.78 is 7.69. The number of methoxy groups -OCH3 is 1. The molecule has 0 spiro atoms. The minimum atomic E-state index is -0.0808. The Morgan fingerprint density at radius 1 is 1.44 bits per heavy atom. The normalized spacial score (nSPS) is 17.7. The molecule has 2 aromatic rings. The molecule has 3 nitrogen and oxygen atoms in total. The third-order valence-corrected chi connectivity index (χ3v) is 3.92. The first-order chi connectivity index (χ1) is 8.72. The standard InChI is InChI=1S/C14H17ClN2O/c1-9(15)14-16-13-11(7-4-8-12(13)18-2)17(14)10-5-3-6-10/h4,7-10H,3,5-6H2,1-2H3. The van der Waals surface area contributed by atoms with Crippen LogP contribution >= 0.6 is 11.6 Å². The fraction of sp³-hybridized carbons (Fsp3) is 0.500. The number of para-hydroxylation sites is 1. The van der Waals surface area contributed by atoms with Crippen molar-refractivity contribution in [1.29, 1.82) is 0 Å². The molecule has 1 aromatic heterocycles. The molecule has 3 rings (SSSR count). The van der Waals surface area contributed by atoms with E-state index in [9.17, 15) is 0 Å². The number of nitrogens with zero attached hydrogens (tertiary/aromatic N) is 2. The van der Waals surface area contributed by atoms with E-state index >= 15 is 0 Å². The molecule has 18 heavy (non-hydrogen) atoms. The molecule has 0 aliphatic heterocycles. The number of rotatable bonds is 3. The van der Waals surface area contributed by atoms with E-state index in [0.29, 0.717) is 6.04 Å². The molecule has 0 bridgehead atoms. The molecule has 96 valence electrons. The van der Waals surface area contributed by atoms with Crippen molar-refractivity contribution >= 4 is 22.6 Å². The lowest BCUT2D eigenvalue weighted by atomic mass is 9.92. The Morgan fingerprint density at radius 3 is 2.78 bits per heavy atom. The SMILES string of the molecule is COc1cccc2c1nc(C(C)Cl)n2C1CCC1. The lowest BCUT2D eigenvalue weighted by Gasteiger charge is -2.29. The summed E-state index contributed by atoms with van der Waals surface area (Å²) in [5.74, 6) is 1.78. The van der Waals surface area contributed by atoms with Crippen molar-refractivity contribution in [3.63, 3.8) is 0 Å². The topological polar surface area (TPSA) is 27.1 Å². The van der Waals surface area contributed by atoms with Crippen LogP contribution < -0.4 is 4.74 Å². The van der Waals surface area contributed by atoms with E-state index in [1.54, 1.807) is 7.11 Å². The van der Waals surface area contributed by atoms with Gasteiger partial charge in [-0.05, 0) is 38.3 Å². The van der Waals surface area contributed by atoms with Gasteiger partial charge in [-0.2, -0.15) is 0 Å². The van der Waals surface area contributed by atoms with Crippen molar-refractivity contribution in [2.24, 2.45) is 0 Å². The Hall–Kier alpha value is -1.22. The highest BCUT2D eigenvalue weighted by Gasteiger charge is 2.26. The average molecular weight is 265 g/mol. The Bertz CT molecular complexity index is 572. The van der Waals surface area contributed by atoms with Gasteiger partial charge in [-0.1, -0.05) is 6.07 Å². The van der Waals surface area contributed by atoms with Crippen LogP contribution in [0, 0.1) is 0 Å². The number of ether oxygens (including phenoxy) is 1. The van der Waals surface area contributed by atoms with E-state index in [1.807, 2.05) is 19.1 Å². The quantitative estimate of drug-likeness (QED) is 0.782. The summed E-state index contributed by atoms with van der Waals surface area (Å²) in [6, 6.07) is 6.62. The Morgan fingerprint density at radius 2 is 2.22 bits per heavy atom. The minimum absolute atomic E-state index is 0.0808. The molecule has 1 aliphatic carbocycles. The van der Waals surface area contributed by atoms with Crippen molar-refractivity contribution in [3.05, 3.63) is 24.0 Å². The van der Waals surface area contributed by atoms with Gasteiger partial charge in [-0.15, -0.1) is 11.6 Å². The zero-order valence-corrected chi connectivity index (χ0v) is 11.4. The number of hydrogen-bond donors (Lipinski definition) is 0. The van der Waals surface area contributed by atoms with E-state index in [2.05, 4.69) is 10.6 Å². The van der Waals surface area contributed by atoms with Crippen molar-refractivity contribution in [2.75, 3.05) is 7.11 Å². The van der Waals surface area contributed by atoms with Gasteiger partial charge in [-0.3, -0.25) is 0 Å². The fourth-order valence-corrected chi connectivity index (χ4v) is 2.74. The largest absolute Gasteiger partial charge is 0.494 e. The first kappa shape index (κ1) is 11.8. The first-order valence-electron chi connectivity index (χ1n) is 6.41. The van der Waals surface area contributed by atoms with Gasteiger partial charge in [0.1, 0.15) is 17.1 Å². The summed E-state index contributed by atoms with van der Waals surface area (Å²) in [4.78, 5) is 4.69. The number of benzene rings is 1. The second kappa shape index (κ2) is 4.47. The molecule has 0 N–H and O–H groups in total. The van der Waals surface area contributed by atoms with Gasteiger partial charge in [0, 0.05) is 6.04 Å². The summed E-state index contributed by atoms with van der Waals surface area (Å²) in [6.45, 7) is 1.98. The second-order valence-corrected chi connectivity index (χ2v) is 5.52. The molecule has 1 heterocycles. The van der Waals surface area contributed by atoms with Crippen LogP contribution in [0.15, 0.2) is 18.2 Å². The van der Waals surface area contributed by atoms with Crippen LogP contribution in [0.2, 0.25) is 0 Å². The Kier molecular flexibility index (Phi) is 2.94. The van der Waals surface area contributed by atoms with Gasteiger partial charge < -0.3 is 9.30 Å². The highest BCUT2D eigenvalue weighted by Crippen LogP contribution is 2.39. The van der Waals surface area contributed by atoms with E-state index in [4.69, 9.17) is 21.3 Å².